The van der Waals surface area contributed by atoms with Crippen molar-refractivity contribution in [3.63, 3.8) is 0 Å². The van der Waals surface area contributed by atoms with Crippen LogP contribution in [0.1, 0.15) is 87.7 Å². The van der Waals surface area contributed by atoms with Crippen molar-refractivity contribution >= 4 is 78.7 Å². The van der Waals surface area contributed by atoms with Crippen LogP contribution in [0.15, 0.2) is 84.9 Å². The van der Waals surface area contributed by atoms with Crippen LogP contribution in [0.4, 0.5) is 16.6 Å². The molecule has 7 aromatic rings. The topological polar surface area (TPSA) is 210 Å². The molecule has 11 rings (SSSR count). The van der Waals surface area contributed by atoms with E-state index in [0.717, 1.165) is 82.4 Å². The SMILES string of the molecule is COc1c(NC(=O)CN2CCC3(CC2)CC(COc2ccc(-c4ccc(N5CCc6cccc(C(=O)Nc7nc8ccccc8s7)c6C5)nc4C(=O)O)c(C)c2)C3)ccc2c(C3CCC(=O)NC3=O)nn(C)c12. The standard InChI is InChI=1S/C55H55N9O8S/c1-31-25-34(11-12-35(31)36-14-17-44(58-48(36)53(69)70)64-22-19-33-7-6-8-37(40(33)28-64)51(67)60-54-57-41-9-4-5-10-43(41)73-54)72-30-32-26-55(27-32)20-23-63(24-21-55)29-46(66)56-42-16-13-38-47(39-15-18-45(65)59-52(39)68)61-62(2)49(38)50(42)71-3/h4-14,16-17,25,32,39H,15,18-24,26-30H2,1-3H3,(H,56,66)(H,69,70)(H,57,60,67)(H,59,65,68). The van der Waals surface area contributed by atoms with Crippen LogP contribution in [0.3, 0.4) is 0 Å². The average Bonchev–Trinajstić information content (AvgIpc) is 3.94. The maximum atomic E-state index is 13.6. The number of rotatable bonds is 13. The van der Waals surface area contributed by atoms with Crippen LogP contribution in [-0.4, -0.2) is 99.2 Å². The van der Waals surface area contributed by atoms with Crippen molar-refractivity contribution in [2.24, 2.45) is 18.4 Å². The molecule has 73 heavy (non-hydrogen) atoms. The van der Waals surface area contributed by atoms with Gasteiger partial charge in [-0.15, -0.1) is 0 Å². The highest BCUT2D eigenvalue weighted by Gasteiger charge is 2.46. The molecule has 1 spiro atoms. The molecule has 18 heteroatoms. The number of ether oxygens (including phenoxy) is 2. The van der Waals surface area contributed by atoms with Crippen molar-refractivity contribution in [1.82, 2.24) is 30.0 Å². The average molecular weight is 1000 g/mol. The van der Waals surface area contributed by atoms with Gasteiger partial charge in [0.05, 0.1) is 47.8 Å². The Morgan fingerprint density at radius 3 is 2.49 bits per heavy atom. The number of aromatic carboxylic acids is 1. The first-order chi connectivity index (χ1) is 35.3. The van der Waals surface area contributed by atoms with Crippen molar-refractivity contribution in [3.8, 4) is 22.6 Å². The van der Waals surface area contributed by atoms with Crippen LogP contribution < -0.4 is 30.3 Å². The third-order valence-corrected chi connectivity index (χ3v) is 16.1. The number of anilines is 3. The van der Waals surface area contributed by atoms with E-state index in [1.165, 1.54) is 11.3 Å². The third kappa shape index (κ3) is 9.36. The summed E-state index contributed by atoms with van der Waals surface area (Å²) >= 11 is 1.43. The van der Waals surface area contributed by atoms with E-state index in [0.29, 0.717) is 83.2 Å². The highest BCUT2D eigenvalue weighted by molar-refractivity contribution is 7.22. The zero-order valence-electron chi connectivity index (χ0n) is 40.8. The fourth-order valence-corrected chi connectivity index (χ4v) is 12.3. The normalized spacial score (nSPS) is 17.8. The van der Waals surface area contributed by atoms with Gasteiger partial charge in [0.1, 0.15) is 17.1 Å². The smallest absolute Gasteiger partial charge is 0.355 e. The number of thiazole rings is 1. The Kier molecular flexibility index (Phi) is 12.6. The first-order valence-corrected chi connectivity index (χ1v) is 25.5. The number of para-hydroxylation sites is 1. The second-order valence-electron chi connectivity index (χ2n) is 19.9. The van der Waals surface area contributed by atoms with Gasteiger partial charge in [-0.2, -0.15) is 5.10 Å². The summed E-state index contributed by atoms with van der Waals surface area (Å²) in [6, 6.07) is 26.6. The molecule has 1 aliphatic carbocycles. The first kappa shape index (κ1) is 47.6. The molecule has 3 aromatic heterocycles. The van der Waals surface area contributed by atoms with E-state index < -0.39 is 11.9 Å². The second kappa shape index (κ2) is 19.4. The largest absolute Gasteiger partial charge is 0.493 e. The molecule has 374 valence electrons. The van der Waals surface area contributed by atoms with Gasteiger partial charge in [0.15, 0.2) is 16.6 Å². The molecule has 3 fully saturated rings. The third-order valence-electron chi connectivity index (χ3n) is 15.2. The molecule has 1 atom stereocenters. The molecular weight excluding hydrogens is 947 g/mol. The Balaban J connectivity index is 0.671. The van der Waals surface area contributed by atoms with Gasteiger partial charge in [-0.1, -0.05) is 41.7 Å². The summed E-state index contributed by atoms with van der Waals surface area (Å²) in [4.78, 5) is 77.7. The molecule has 4 amide bonds. The van der Waals surface area contributed by atoms with Crippen molar-refractivity contribution in [1.29, 1.82) is 0 Å². The zero-order valence-corrected chi connectivity index (χ0v) is 41.6. The molecule has 4 N–H and O–H groups in total. The lowest BCUT2D eigenvalue weighted by Crippen LogP contribution is -2.49. The fraction of sp³-hybridized carbons (Fsp3) is 0.345. The summed E-state index contributed by atoms with van der Waals surface area (Å²) in [7, 11) is 3.31. The number of imide groups is 1. The maximum absolute atomic E-state index is 13.6. The minimum atomic E-state index is -1.12. The molecule has 17 nitrogen and oxygen atoms in total. The Hall–Kier alpha value is -7.70. The van der Waals surface area contributed by atoms with Crippen LogP contribution in [0.5, 0.6) is 11.5 Å². The van der Waals surface area contributed by atoms with E-state index in [1.54, 1.807) is 24.9 Å². The summed E-state index contributed by atoms with van der Waals surface area (Å²) in [5.41, 5.74) is 7.46. The van der Waals surface area contributed by atoms with Gasteiger partial charge >= 0.3 is 5.97 Å². The highest BCUT2D eigenvalue weighted by Crippen LogP contribution is 2.53. The molecule has 4 aliphatic rings. The summed E-state index contributed by atoms with van der Waals surface area (Å²) < 4.78 is 14.8. The lowest BCUT2D eigenvalue weighted by Gasteiger charge is -2.52. The van der Waals surface area contributed by atoms with Gasteiger partial charge in [-0.25, -0.2) is 14.8 Å². The van der Waals surface area contributed by atoms with Crippen LogP contribution in [0.25, 0.3) is 32.2 Å². The number of nitrogens with zero attached hydrogens (tertiary/aromatic N) is 6. The predicted molar refractivity (Wildman–Crippen MR) is 277 cm³/mol. The van der Waals surface area contributed by atoms with E-state index in [-0.39, 0.29) is 47.7 Å². The van der Waals surface area contributed by atoms with Crippen molar-refractivity contribution in [2.75, 3.05) is 55.4 Å². The van der Waals surface area contributed by atoms with Crippen LogP contribution in [0, 0.1) is 18.3 Å². The monoisotopic (exact) mass is 1000 g/mol. The van der Waals surface area contributed by atoms with Crippen molar-refractivity contribution in [2.45, 2.75) is 64.3 Å². The van der Waals surface area contributed by atoms with Crippen LogP contribution >= 0.6 is 11.3 Å². The van der Waals surface area contributed by atoms with E-state index in [2.05, 4.69) is 30.9 Å². The van der Waals surface area contributed by atoms with Crippen LogP contribution in [-0.2, 0) is 34.4 Å². The predicted octanol–water partition coefficient (Wildman–Crippen LogP) is 8.11. The Morgan fingerprint density at radius 1 is 0.918 bits per heavy atom. The minimum Gasteiger partial charge on any atom is -0.493 e. The van der Waals surface area contributed by atoms with E-state index in [9.17, 15) is 29.1 Å². The molecule has 0 radical (unpaired) electrons. The van der Waals surface area contributed by atoms with Gasteiger partial charge in [-0.05, 0) is 147 Å². The number of hydrogen-bond acceptors (Lipinski definition) is 13. The maximum Gasteiger partial charge on any atom is 0.355 e. The number of likely N-dealkylation sites (tertiary alicyclic amines) is 1. The number of fused-ring (bicyclic) bond motifs is 3. The van der Waals surface area contributed by atoms with E-state index in [4.69, 9.17) is 14.5 Å². The number of carboxylic acids is 1. The van der Waals surface area contributed by atoms with Crippen molar-refractivity contribution in [3.05, 3.63) is 119 Å². The second-order valence-corrected chi connectivity index (χ2v) is 20.9. The summed E-state index contributed by atoms with van der Waals surface area (Å²) in [6.07, 6.45) is 5.44. The quantitative estimate of drug-likeness (QED) is 0.0806. The first-order valence-electron chi connectivity index (χ1n) is 24.7. The van der Waals surface area contributed by atoms with E-state index >= 15 is 0 Å². The summed E-state index contributed by atoms with van der Waals surface area (Å²) in [6.45, 7) is 5.45. The Bertz CT molecular complexity index is 3340. The summed E-state index contributed by atoms with van der Waals surface area (Å²) in [5.74, 6) is -0.558. The van der Waals surface area contributed by atoms with Gasteiger partial charge in [-0.3, -0.25) is 39.4 Å². The number of amides is 4. The molecule has 4 aromatic carbocycles. The molecule has 2 saturated heterocycles. The molecule has 6 heterocycles. The number of nitrogens with one attached hydrogen (secondary N) is 3. The number of aryl methyl sites for hydroxylation is 2. The number of methoxy groups -OCH3 is 1. The fourth-order valence-electron chi connectivity index (χ4n) is 11.5. The molecule has 1 unspecified atom stereocenters. The number of hydrogen-bond donors (Lipinski definition) is 4. The minimum absolute atomic E-state index is 0.0419. The zero-order chi connectivity index (χ0) is 50.5. The summed E-state index contributed by atoms with van der Waals surface area (Å²) in [5, 5.41) is 24.8. The number of carbonyl (C=O) groups is 5. The van der Waals surface area contributed by atoms with Crippen molar-refractivity contribution < 1.29 is 38.6 Å². The van der Waals surface area contributed by atoms with Gasteiger partial charge < -0.3 is 24.8 Å². The van der Waals surface area contributed by atoms with Gasteiger partial charge in [0.2, 0.25) is 17.7 Å². The molecule has 3 aliphatic heterocycles. The molecule has 0 bridgehead atoms. The lowest BCUT2D eigenvalue weighted by atomic mass is 9.58. The number of pyridine rings is 1. The number of piperidine rings is 2. The van der Waals surface area contributed by atoms with Gasteiger partial charge in [0.25, 0.3) is 5.91 Å². The van der Waals surface area contributed by atoms with E-state index in [1.807, 2.05) is 90.7 Å². The number of aromatic nitrogens is 4. The van der Waals surface area contributed by atoms with Gasteiger partial charge in [0, 0.05) is 43.1 Å². The Labute approximate surface area is 424 Å². The molecule has 1 saturated carbocycles. The number of carboxylic acid groups (broad SMARTS) is 1. The number of benzene rings is 4. The van der Waals surface area contributed by atoms with Crippen LogP contribution in [0.2, 0.25) is 0 Å². The lowest BCUT2D eigenvalue weighted by molar-refractivity contribution is -0.134. The number of carbonyl (C=O) groups excluding carboxylic acids is 4. The highest BCUT2D eigenvalue weighted by atomic mass is 32.1. The molecular formula is C55H55N9O8S. The Morgan fingerprint density at radius 2 is 1.73 bits per heavy atom.